The third-order valence-corrected chi connectivity index (χ3v) is 7.41. The quantitative estimate of drug-likeness (QED) is 0.452. The van der Waals surface area contributed by atoms with Crippen LogP contribution in [-0.4, -0.2) is 57.4 Å². The molecule has 0 atom stereocenters. The van der Waals surface area contributed by atoms with Crippen LogP contribution in [0.15, 0.2) is 65.6 Å². The highest BCUT2D eigenvalue weighted by atomic mass is 32.2. The van der Waals surface area contributed by atoms with Crippen molar-refractivity contribution in [3.63, 3.8) is 0 Å². The van der Waals surface area contributed by atoms with E-state index in [9.17, 15) is 26.8 Å². The predicted molar refractivity (Wildman–Crippen MR) is 134 cm³/mol. The van der Waals surface area contributed by atoms with Crippen LogP contribution >= 0.6 is 0 Å². The fourth-order valence-corrected chi connectivity index (χ4v) is 4.92. The zero-order valence-corrected chi connectivity index (χ0v) is 20.8. The lowest BCUT2D eigenvalue weighted by molar-refractivity contribution is 0.0747. The molecular formula is C27H26F2N2O4S. The van der Waals surface area contributed by atoms with Crippen LogP contribution in [0.3, 0.4) is 0 Å². The number of ketones is 1. The van der Waals surface area contributed by atoms with Gasteiger partial charge < -0.3 is 9.80 Å². The third-order valence-electron chi connectivity index (χ3n) is 6.30. The number of anilines is 1. The Balaban J connectivity index is 1.58. The second kappa shape index (κ2) is 10.2. The van der Waals surface area contributed by atoms with E-state index in [1.165, 1.54) is 42.5 Å². The molecular weight excluding hydrogens is 486 g/mol. The SMILES string of the molecule is CCC(=O)c1ccc(N2CCN(C(=O)c3cc(S(C)(=O)=O)ccc3-c3ccc(F)cc3)CC2)c(F)c1. The highest BCUT2D eigenvalue weighted by Crippen LogP contribution is 2.29. The Kier molecular flexibility index (Phi) is 7.21. The molecule has 1 aliphatic heterocycles. The van der Waals surface area contributed by atoms with Crippen molar-refractivity contribution in [2.45, 2.75) is 18.2 Å². The highest BCUT2D eigenvalue weighted by Gasteiger charge is 2.27. The van der Waals surface area contributed by atoms with Gasteiger partial charge in [-0.15, -0.1) is 0 Å². The van der Waals surface area contributed by atoms with Gasteiger partial charge in [-0.3, -0.25) is 9.59 Å². The Morgan fingerprint density at radius 3 is 2.14 bits per heavy atom. The molecule has 1 heterocycles. The first kappa shape index (κ1) is 25.5. The van der Waals surface area contributed by atoms with E-state index in [1.54, 1.807) is 30.0 Å². The van der Waals surface area contributed by atoms with E-state index in [1.807, 2.05) is 4.90 Å². The maximum Gasteiger partial charge on any atom is 0.254 e. The Morgan fingerprint density at radius 2 is 1.56 bits per heavy atom. The van der Waals surface area contributed by atoms with Gasteiger partial charge in [0.05, 0.1) is 10.6 Å². The van der Waals surface area contributed by atoms with Gasteiger partial charge in [-0.2, -0.15) is 0 Å². The summed E-state index contributed by atoms with van der Waals surface area (Å²) >= 11 is 0. The first-order chi connectivity index (χ1) is 17.1. The number of carbonyl (C=O) groups is 2. The Bertz CT molecular complexity index is 1410. The monoisotopic (exact) mass is 512 g/mol. The number of amides is 1. The van der Waals surface area contributed by atoms with Gasteiger partial charge in [-0.1, -0.05) is 25.1 Å². The summed E-state index contributed by atoms with van der Waals surface area (Å²) in [5.74, 6) is -1.41. The summed E-state index contributed by atoms with van der Waals surface area (Å²) in [6.07, 6.45) is 1.36. The Hall–Kier alpha value is -3.59. The number of carbonyl (C=O) groups excluding carboxylic acids is 2. The lowest BCUT2D eigenvalue weighted by Gasteiger charge is -2.36. The van der Waals surface area contributed by atoms with Crippen molar-refractivity contribution in [1.29, 1.82) is 0 Å². The average Bonchev–Trinajstić information content (AvgIpc) is 2.87. The molecule has 1 saturated heterocycles. The summed E-state index contributed by atoms with van der Waals surface area (Å²) in [6.45, 7) is 3.03. The predicted octanol–water partition coefficient (Wildman–Crippen LogP) is 4.59. The Morgan fingerprint density at radius 1 is 0.889 bits per heavy atom. The largest absolute Gasteiger partial charge is 0.366 e. The third kappa shape index (κ3) is 5.31. The van der Waals surface area contributed by atoms with Gasteiger partial charge in [0.2, 0.25) is 0 Å². The molecule has 36 heavy (non-hydrogen) atoms. The van der Waals surface area contributed by atoms with Crippen molar-refractivity contribution in [1.82, 2.24) is 4.90 Å². The van der Waals surface area contributed by atoms with Crippen molar-refractivity contribution in [2.75, 3.05) is 37.3 Å². The normalized spacial score (nSPS) is 14.1. The van der Waals surface area contributed by atoms with Crippen LogP contribution < -0.4 is 4.90 Å². The summed E-state index contributed by atoms with van der Waals surface area (Å²) in [4.78, 5) is 28.8. The summed E-state index contributed by atoms with van der Waals surface area (Å²) in [6, 6.07) is 14.4. The van der Waals surface area contributed by atoms with E-state index in [0.29, 0.717) is 55.0 Å². The fourth-order valence-electron chi connectivity index (χ4n) is 4.27. The van der Waals surface area contributed by atoms with E-state index in [0.717, 1.165) is 6.26 Å². The van der Waals surface area contributed by atoms with Gasteiger partial charge in [0.1, 0.15) is 11.6 Å². The molecule has 1 aliphatic rings. The molecule has 0 bridgehead atoms. The maximum absolute atomic E-state index is 14.7. The van der Waals surface area contributed by atoms with Gasteiger partial charge in [0.15, 0.2) is 15.6 Å². The number of hydrogen-bond donors (Lipinski definition) is 0. The molecule has 0 radical (unpaired) electrons. The van der Waals surface area contributed by atoms with Crippen LogP contribution in [0, 0.1) is 11.6 Å². The molecule has 3 aromatic rings. The van der Waals surface area contributed by atoms with Crippen molar-refractivity contribution in [3.05, 3.63) is 83.4 Å². The van der Waals surface area contributed by atoms with Crippen LogP contribution in [-0.2, 0) is 9.84 Å². The van der Waals surface area contributed by atoms with Crippen molar-refractivity contribution in [3.8, 4) is 11.1 Å². The number of Topliss-reactive ketones (excluding diaryl/α,β-unsaturated/α-hetero) is 1. The van der Waals surface area contributed by atoms with E-state index in [-0.39, 0.29) is 22.1 Å². The molecule has 0 saturated carbocycles. The summed E-state index contributed by atoms with van der Waals surface area (Å²) in [5, 5.41) is 0. The summed E-state index contributed by atoms with van der Waals surface area (Å²) < 4.78 is 52.5. The molecule has 0 N–H and O–H groups in total. The molecule has 0 spiro atoms. The molecule has 1 amide bonds. The minimum absolute atomic E-state index is 0.0131. The van der Waals surface area contributed by atoms with Crippen LogP contribution in [0.2, 0.25) is 0 Å². The molecule has 0 aromatic heterocycles. The standard InChI is InChI=1S/C27H26F2N2O4S/c1-3-26(32)19-6-11-25(24(29)16-19)30-12-14-31(15-13-30)27(33)23-17-21(36(2,34)35)9-10-22(23)18-4-7-20(28)8-5-18/h4-11,16-17H,3,12-15H2,1-2H3. The van der Waals surface area contributed by atoms with E-state index in [2.05, 4.69) is 0 Å². The number of hydrogen-bond acceptors (Lipinski definition) is 5. The van der Waals surface area contributed by atoms with Gasteiger partial charge in [0, 0.05) is 50.0 Å². The van der Waals surface area contributed by atoms with E-state index in [4.69, 9.17) is 0 Å². The molecule has 4 rings (SSSR count). The molecule has 0 unspecified atom stereocenters. The van der Waals surface area contributed by atoms with Gasteiger partial charge in [0.25, 0.3) is 5.91 Å². The number of nitrogens with zero attached hydrogens (tertiary/aromatic N) is 2. The molecule has 188 valence electrons. The maximum atomic E-state index is 14.7. The minimum atomic E-state index is -3.56. The van der Waals surface area contributed by atoms with Crippen LogP contribution in [0.1, 0.15) is 34.1 Å². The molecule has 3 aromatic carbocycles. The fraction of sp³-hybridized carbons (Fsp3) is 0.259. The zero-order valence-electron chi connectivity index (χ0n) is 20.0. The number of piperazine rings is 1. The minimum Gasteiger partial charge on any atom is -0.366 e. The second-order valence-corrected chi connectivity index (χ2v) is 10.7. The number of halogens is 2. The van der Waals surface area contributed by atoms with Crippen molar-refractivity contribution >= 4 is 27.2 Å². The summed E-state index contributed by atoms with van der Waals surface area (Å²) in [7, 11) is -3.56. The zero-order chi connectivity index (χ0) is 26.0. The smallest absolute Gasteiger partial charge is 0.254 e. The van der Waals surface area contributed by atoms with Crippen LogP contribution in [0.5, 0.6) is 0 Å². The topological polar surface area (TPSA) is 74.8 Å². The van der Waals surface area contributed by atoms with Crippen molar-refractivity contribution < 1.29 is 26.8 Å². The van der Waals surface area contributed by atoms with Gasteiger partial charge >= 0.3 is 0 Å². The van der Waals surface area contributed by atoms with E-state index < -0.39 is 21.5 Å². The molecule has 6 nitrogen and oxygen atoms in total. The average molecular weight is 513 g/mol. The van der Waals surface area contributed by atoms with Gasteiger partial charge in [-0.25, -0.2) is 17.2 Å². The lowest BCUT2D eigenvalue weighted by Crippen LogP contribution is -2.49. The first-order valence-electron chi connectivity index (χ1n) is 11.6. The van der Waals surface area contributed by atoms with Gasteiger partial charge in [-0.05, 0) is 53.6 Å². The molecule has 1 fully saturated rings. The highest BCUT2D eigenvalue weighted by molar-refractivity contribution is 7.90. The Labute approximate surface area is 209 Å². The van der Waals surface area contributed by atoms with Crippen LogP contribution in [0.25, 0.3) is 11.1 Å². The number of sulfone groups is 1. The molecule has 9 heteroatoms. The lowest BCUT2D eigenvalue weighted by atomic mass is 9.98. The number of rotatable bonds is 6. The second-order valence-electron chi connectivity index (χ2n) is 8.71. The van der Waals surface area contributed by atoms with E-state index >= 15 is 0 Å². The molecule has 0 aliphatic carbocycles. The van der Waals surface area contributed by atoms with Crippen molar-refractivity contribution in [2.24, 2.45) is 0 Å². The number of benzene rings is 3. The first-order valence-corrected chi connectivity index (χ1v) is 13.4. The van der Waals surface area contributed by atoms with Crippen LogP contribution in [0.4, 0.5) is 14.5 Å². The summed E-state index contributed by atoms with van der Waals surface area (Å²) in [5.41, 5.74) is 1.97.